The lowest BCUT2D eigenvalue weighted by molar-refractivity contribution is -0.134. The Kier molecular flexibility index (Phi) is 6.14. The number of likely N-dealkylation sites (tertiary alicyclic amines) is 1. The molecule has 6 nitrogen and oxygen atoms in total. The van der Waals surface area contributed by atoms with Crippen molar-refractivity contribution in [2.45, 2.75) is 46.5 Å². The van der Waals surface area contributed by atoms with Crippen molar-refractivity contribution in [1.82, 2.24) is 19.8 Å². The van der Waals surface area contributed by atoms with Gasteiger partial charge in [0.25, 0.3) is 5.91 Å². The topological polar surface area (TPSA) is 66.4 Å². The van der Waals surface area contributed by atoms with Crippen molar-refractivity contribution in [1.29, 1.82) is 0 Å². The maximum absolute atomic E-state index is 12.5. The largest absolute Gasteiger partial charge is 0.343 e. The molecule has 0 spiro atoms. The summed E-state index contributed by atoms with van der Waals surface area (Å²) in [4.78, 5) is 36.4. The van der Waals surface area contributed by atoms with Gasteiger partial charge < -0.3 is 9.80 Å². The van der Waals surface area contributed by atoms with Gasteiger partial charge in [-0.3, -0.25) is 9.59 Å². The Morgan fingerprint density at radius 2 is 2.00 bits per heavy atom. The smallest absolute Gasteiger partial charge is 0.272 e. The molecule has 1 aliphatic rings. The normalized spacial score (nSPS) is 18.1. The lowest BCUT2D eigenvalue weighted by atomic mass is 9.89. The van der Waals surface area contributed by atoms with E-state index in [4.69, 9.17) is 0 Å². The SMILES string of the molecule is CN(C)C(=O)c1cc(C[C@H]2CCCN(C(=O)CC(C)(C)C)C2)ncn1. The minimum Gasteiger partial charge on any atom is -0.343 e. The predicted octanol–water partition coefficient (Wildman–Crippen LogP) is 2.40. The first-order valence-electron chi connectivity index (χ1n) is 8.96. The van der Waals surface area contributed by atoms with Crippen LogP contribution in [0.3, 0.4) is 0 Å². The lowest BCUT2D eigenvalue weighted by Gasteiger charge is -2.34. The Morgan fingerprint density at radius 3 is 2.64 bits per heavy atom. The average molecular weight is 346 g/mol. The van der Waals surface area contributed by atoms with Gasteiger partial charge in [-0.05, 0) is 36.7 Å². The van der Waals surface area contributed by atoms with Crippen LogP contribution in [0.4, 0.5) is 0 Å². The highest BCUT2D eigenvalue weighted by Crippen LogP contribution is 2.24. The molecule has 1 aromatic rings. The molecule has 0 bridgehead atoms. The van der Waals surface area contributed by atoms with Crippen LogP contribution in [0.15, 0.2) is 12.4 Å². The zero-order valence-electron chi connectivity index (χ0n) is 16.1. The third-order valence-corrected chi connectivity index (χ3v) is 4.40. The Bertz CT molecular complexity index is 622. The molecule has 1 atom stereocenters. The van der Waals surface area contributed by atoms with E-state index in [0.29, 0.717) is 18.0 Å². The third-order valence-electron chi connectivity index (χ3n) is 4.40. The second kappa shape index (κ2) is 7.93. The molecule has 2 heterocycles. The van der Waals surface area contributed by atoms with Gasteiger partial charge in [0.2, 0.25) is 5.91 Å². The molecule has 0 saturated carbocycles. The number of piperidine rings is 1. The first-order chi connectivity index (χ1) is 11.7. The minimum absolute atomic E-state index is 0.0120. The zero-order chi connectivity index (χ0) is 18.6. The van der Waals surface area contributed by atoms with Crippen molar-refractivity contribution in [2.24, 2.45) is 11.3 Å². The first-order valence-corrected chi connectivity index (χ1v) is 8.96. The van der Waals surface area contributed by atoms with Gasteiger partial charge >= 0.3 is 0 Å². The van der Waals surface area contributed by atoms with Crippen LogP contribution in [0.2, 0.25) is 0 Å². The number of hydrogen-bond donors (Lipinski definition) is 0. The summed E-state index contributed by atoms with van der Waals surface area (Å²) in [6.45, 7) is 7.90. The molecule has 0 N–H and O–H groups in total. The third kappa shape index (κ3) is 5.80. The molecule has 2 rings (SSSR count). The zero-order valence-corrected chi connectivity index (χ0v) is 16.1. The molecule has 0 radical (unpaired) electrons. The van der Waals surface area contributed by atoms with Gasteiger partial charge in [0.1, 0.15) is 12.0 Å². The summed E-state index contributed by atoms with van der Waals surface area (Å²) in [5.74, 6) is 0.507. The Labute approximate surface area is 150 Å². The molecule has 0 unspecified atom stereocenters. The van der Waals surface area contributed by atoms with E-state index in [1.807, 2.05) is 4.90 Å². The lowest BCUT2D eigenvalue weighted by Crippen LogP contribution is -2.41. The fourth-order valence-electron chi connectivity index (χ4n) is 3.17. The van der Waals surface area contributed by atoms with Crippen LogP contribution in [0.1, 0.15) is 56.2 Å². The van der Waals surface area contributed by atoms with Gasteiger partial charge in [-0.15, -0.1) is 0 Å². The summed E-state index contributed by atoms with van der Waals surface area (Å²) in [6.07, 6.45) is 4.91. The van der Waals surface area contributed by atoms with Gasteiger partial charge in [0.15, 0.2) is 0 Å². The molecule has 1 aromatic heterocycles. The Balaban J connectivity index is 2.00. The second-order valence-electron chi connectivity index (χ2n) is 8.38. The number of nitrogens with zero attached hydrogens (tertiary/aromatic N) is 4. The van der Waals surface area contributed by atoms with E-state index in [1.54, 1.807) is 20.2 Å². The molecular formula is C19H30N4O2. The summed E-state index contributed by atoms with van der Waals surface area (Å²) in [6, 6.07) is 1.78. The van der Waals surface area contributed by atoms with Gasteiger partial charge in [0, 0.05) is 39.3 Å². The number of hydrogen-bond acceptors (Lipinski definition) is 4. The Morgan fingerprint density at radius 1 is 1.28 bits per heavy atom. The van der Waals surface area contributed by atoms with Crippen molar-refractivity contribution in [3.63, 3.8) is 0 Å². The van der Waals surface area contributed by atoms with E-state index >= 15 is 0 Å². The monoisotopic (exact) mass is 346 g/mol. The quantitative estimate of drug-likeness (QED) is 0.840. The highest BCUT2D eigenvalue weighted by atomic mass is 16.2. The first kappa shape index (κ1) is 19.3. The van der Waals surface area contributed by atoms with Gasteiger partial charge in [-0.2, -0.15) is 0 Å². The van der Waals surface area contributed by atoms with Gasteiger partial charge in [-0.1, -0.05) is 20.8 Å². The average Bonchev–Trinajstić information content (AvgIpc) is 2.53. The standard InChI is InChI=1S/C19H30N4O2/c1-19(2,3)11-17(24)23-8-6-7-14(12-23)9-15-10-16(21-13-20-15)18(25)22(4)5/h10,13-14H,6-9,11-12H2,1-5H3/t14-/m1/s1. The number of rotatable bonds is 4. The molecule has 25 heavy (non-hydrogen) atoms. The fourth-order valence-corrected chi connectivity index (χ4v) is 3.17. The number of carbonyl (C=O) groups is 2. The molecule has 0 aromatic carbocycles. The van der Waals surface area contributed by atoms with Crippen LogP contribution >= 0.6 is 0 Å². The van der Waals surface area contributed by atoms with E-state index in [1.165, 1.54) is 11.2 Å². The maximum Gasteiger partial charge on any atom is 0.272 e. The van der Waals surface area contributed by atoms with Gasteiger partial charge in [-0.25, -0.2) is 9.97 Å². The number of aromatic nitrogens is 2. The van der Waals surface area contributed by atoms with Crippen molar-refractivity contribution in [3.8, 4) is 0 Å². The molecular weight excluding hydrogens is 316 g/mol. The van der Waals surface area contributed by atoms with E-state index in [9.17, 15) is 9.59 Å². The van der Waals surface area contributed by atoms with Gasteiger partial charge in [0.05, 0.1) is 0 Å². The Hall–Kier alpha value is -1.98. The van der Waals surface area contributed by atoms with E-state index in [-0.39, 0.29) is 17.2 Å². The van der Waals surface area contributed by atoms with Crippen molar-refractivity contribution in [2.75, 3.05) is 27.2 Å². The van der Waals surface area contributed by atoms with E-state index < -0.39 is 0 Å². The van der Waals surface area contributed by atoms with Crippen molar-refractivity contribution >= 4 is 11.8 Å². The minimum atomic E-state index is -0.116. The van der Waals surface area contributed by atoms with Crippen molar-refractivity contribution < 1.29 is 9.59 Å². The van der Waals surface area contributed by atoms with Crippen LogP contribution in [0, 0.1) is 11.3 Å². The highest BCUT2D eigenvalue weighted by Gasteiger charge is 2.27. The predicted molar refractivity (Wildman–Crippen MR) is 97.1 cm³/mol. The summed E-state index contributed by atoms with van der Waals surface area (Å²) >= 11 is 0. The van der Waals surface area contributed by atoms with Crippen LogP contribution in [0.5, 0.6) is 0 Å². The molecule has 138 valence electrons. The summed E-state index contributed by atoms with van der Waals surface area (Å²) in [5.41, 5.74) is 1.31. The van der Waals surface area contributed by atoms with E-state index in [0.717, 1.165) is 38.0 Å². The molecule has 1 saturated heterocycles. The number of carbonyl (C=O) groups excluding carboxylic acids is 2. The molecule has 0 aliphatic carbocycles. The summed E-state index contributed by atoms with van der Waals surface area (Å²) < 4.78 is 0. The maximum atomic E-state index is 12.5. The molecule has 1 fully saturated rings. The van der Waals surface area contributed by atoms with Crippen LogP contribution < -0.4 is 0 Å². The molecule has 6 heteroatoms. The fraction of sp³-hybridized carbons (Fsp3) is 0.684. The van der Waals surface area contributed by atoms with Crippen LogP contribution in [-0.2, 0) is 11.2 Å². The molecule has 2 amide bonds. The summed E-state index contributed by atoms with van der Waals surface area (Å²) in [5, 5.41) is 0. The van der Waals surface area contributed by atoms with Crippen LogP contribution in [-0.4, -0.2) is 58.8 Å². The highest BCUT2D eigenvalue weighted by molar-refractivity contribution is 5.91. The van der Waals surface area contributed by atoms with Crippen LogP contribution in [0.25, 0.3) is 0 Å². The summed E-state index contributed by atoms with van der Waals surface area (Å²) in [7, 11) is 3.42. The number of amides is 2. The van der Waals surface area contributed by atoms with Crippen molar-refractivity contribution in [3.05, 3.63) is 23.8 Å². The van der Waals surface area contributed by atoms with E-state index in [2.05, 4.69) is 30.7 Å². The second-order valence-corrected chi connectivity index (χ2v) is 8.38. The molecule has 1 aliphatic heterocycles.